The molecule has 7 rings (SSSR count). The van der Waals surface area contributed by atoms with E-state index in [2.05, 4.69) is 5.32 Å². The summed E-state index contributed by atoms with van der Waals surface area (Å²) in [6.45, 7) is 6.85. The first-order valence-electron chi connectivity index (χ1n) is 19.4. The van der Waals surface area contributed by atoms with Gasteiger partial charge in [-0.2, -0.15) is 17.5 Å². The number of nitrogens with one attached hydrogen (secondary N) is 1. The maximum Gasteiger partial charge on any atom is 0.407 e. The number of piperidine rings is 1. The van der Waals surface area contributed by atoms with Gasteiger partial charge < -0.3 is 19.7 Å². The molecule has 0 spiro atoms. The van der Waals surface area contributed by atoms with Crippen molar-refractivity contribution < 1.29 is 40.7 Å². The average Bonchev–Trinajstić information content (AvgIpc) is 3.81. The van der Waals surface area contributed by atoms with Gasteiger partial charge in [0.1, 0.15) is 17.4 Å². The molecule has 1 N–H and O–H groups in total. The van der Waals surface area contributed by atoms with Crippen LogP contribution >= 0.6 is 0 Å². The first kappa shape index (κ1) is 39.4. The fourth-order valence-electron chi connectivity index (χ4n) is 8.20. The van der Waals surface area contributed by atoms with Crippen LogP contribution in [0.25, 0.3) is 10.8 Å². The second-order valence-electron chi connectivity index (χ2n) is 16.6. The Morgan fingerprint density at radius 3 is 2.15 bits per heavy atom. The van der Waals surface area contributed by atoms with E-state index in [9.17, 15) is 31.2 Å². The molecule has 2 saturated carbocycles. The van der Waals surface area contributed by atoms with E-state index in [1.54, 1.807) is 56.0 Å². The van der Waals surface area contributed by atoms with E-state index in [4.69, 9.17) is 9.47 Å². The zero-order valence-corrected chi connectivity index (χ0v) is 32.6. The van der Waals surface area contributed by atoms with Crippen LogP contribution in [0.5, 0.6) is 5.75 Å². The van der Waals surface area contributed by atoms with E-state index in [1.807, 2.05) is 23.1 Å². The quantitative estimate of drug-likeness (QED) is 0.246. The minimum absolute atomic E-state index is 0.0525. The molecule has 10 nitrogen and oxygen atoms in total. The molecule has 0 bridgehead atoms. The summed E-state index contributed by atoms with van der Waals surface area (Å²) in [5.74, 6) is 0.429. The van der Waals surface area contributed by atoms with Gasteiger partial charge in [-0.05, 0) is 118 Å². The Hall–Kier alpha value is -3.88. The van der Waals surface area contributed by atoms with Gasteiger partial charge in [-0.3, -0.25) is 9.69 Å². The highest BCUT2D eigenvalue weighted by Gasteiger charge is 2.64. The number of benzene rings is 3. The highest BCUT2D eigenvalue weighted by atomic mass is 32.2. The monoisotopic (exact) mass is 784 g/mol. The van der Waals surface area contributed by atoms with Crippen LogP contribution in [0, 0.1) is 0 Å². The van der Waals surface area contributed by atoms with Crippen molar-refractivity contribution in [2.45, 2.75) is 119 Å². The number of carbonyl (C=O) groups is 2. The molecule has 298 valence electrons. The number of alkyl halides is 3. The maximum atomic E-state index is 14.5. The van der Waals surface area contributed by atoms with E-state index < -0.39 is 39.4 Å². The standard InChI is InChI=1S/C41H51F3N4O6S/c1-39(2,3)54-38(50)45-32-16-20-47(21-17-32)37(49)36-27-46(26-28-8-12-31(13-9-28)40(18-19-40)41(42,43)44)22-23-48(36)55(51,52)35-15-11-29-24-34(14-10-30(29)25-35)53-33-6-4-5-7-33/h8-15,24-25,32-33,36H,4-7,16-23,26-27H2,1-3H3,(H,45,50)/t36-/m1/s1. The molecule has 4 aliphatic rings. The third-order valence-corrected chi connectivity index (χ3v) is 13.3. The predicted molar refractivity (Wildman–Crippen MR) is 202 cm³/mol. The van der Waals surface area contributed by atoms with Crippen LogP contribution in [-0.4, -0.2) is 97.2 Å². The lowest BCUT2D eigenvalue weighted by atomic mass is 9.94. The molecule has 0 radical (unpaired) electrons. The second-order valence-corrected chi connectivity index (χ2v) is 18.5. The average molecular weight is 785 g/mol. The Morgan fingerprint density at radius 1 is 0.855 bits per heavy atom. The summed E-state index contributed by atoms with van der Waals surface area (Å²) in [5.41, 5.74) is -1.38. The maximum absolute atomic E-state index is 14.5. The van der Waals surface area contributed by atoms with Crippen LogP contribution in [0.3, 0.4) is 0 Å². The Morgan fingerprint density at radius 2 is 1.51 bits per heavy atom. The van der Waals surface area contributed by atoms with Crippen molar-refractivity contribution in [1.29, 1.82) is 0 Å². The first-order valence-corrected chi connectivity index (χ1v) is 20.8. The van der Waals surface area contributed by atoms with Crippen molar-refractivity contribution in [1.82, 2.24) is 19.4 Å². The third-order valence-electron chi connectivity index (χ3n) is 11.4. The topological polar surface area (TPSA) is 108 Å². The van der Waals surface area contributed by atoms with Crippen molar-refractivity contribution in [3.8, 4) is 5.75 Å². The summed E-state index contributed by atoms with van der Waals surface area (Å²) < 4.78 is 83.0. The fourth-order valence-corrected chi connectivity index (χ4v) is 9.80. The van der Waals surface area contributed by atoms with E-state index in [0.29, 0.717) is 39.0 Å². The van der Waals surface area contributed by atoms with Crippen LogP contribution in [-0.2, 0) is 31.5 Å². The summed E-state index contributed by atoms with van der Waals surface area (Å²) in [6, 6.07) is 15.9. The lowest BCUT2D eigenvalue weighted by Gasteiger charge is -2.42. The number of likely N-dealkylation sites (tertiary alicyclic amines) is 1. The van der Waals surface area contributed by atoms with Crippen molar-refractivity contribution in [2.75, 3.05) is 32.7 Å². The molecule has 2 saturated heterocycles. The number of piperazine rings is 1. The van der Waals surface area contributed by atoms with Gasteiger partial charge in [-0.1, -0.05) is 36.4 Å². The number of amides is 2. The van der Waals surface area contributed by atoms with Gasteiger partial charge in [0.2, 0.25) is 15.9 Å². The van der Waals surface area contributed by atoms with E-state index in [-0.39, 0.29) is 54.4 Å². The molecular formula is C41H51F3N4O6S. The van der Waals surface area contributed by atoms with Gasteiger partial charge >= 0.3 is 12.3 Å². The van der Waals surface area contributed by atoms with Gasteiger partial charge in [-0.15, -0.1) is 0 Å². The number of ether oxygens (including phenoxy) is 2. The summed E-state index contributed by atoms with van der Waals surface area (Å²) in [7, 11) is -4.14. The predicted octanol–water partition coefficient (Wildman–Crippen LogP) is 7.15. The molecule has 2 aliphatic heterocycles. The molecule has 3 aromatic rings. The highest BCUT2D eigenvalue weighted by Crippen LogP contribution is 2.58. The minimum atomic E-state index is -4.30. The second kappa shape index (κ2) is 15.2. The number of fused-ring (bicyclic) bond motifs is 1. The molecular weight excluding hydrogens is 734 g/mol. The first-order chi connectivity index (χ1) is 26.0. The molecule has 2 amide bonds. The Balaban J connectivity index is 1.09. The molecule has 2 heterocycles. The van der Waals surface area contributed by atoms with Crippen LogP contribution in [0.15, 0.2) is 65.6 Å². The molecule has 1 atom stereocenters. The molecule has 2 aliphatic carbocycles. The number of nitrogens with zero attached hydrogens (tertiary/aromatic N) is 3. The lowest BCUT2D eigenvalue weighted by Crippen LogP contribution is -2.61. The molecule has 4 fully saturated rings. The fraction of sp³-hybridized carbons (Fsp3) is 0.561. The van der Waals surface area contributed by atoms with Crippen molar-refractivity contribution in [3.63, 3.8) is 0 Å². The zero-order valence-electron chi connectivity index (χ0n) is 31.7. The van der Waals surface area contributed by atoms with Crippen molar-refractivity contribution >= 4 is 32.8 Å². The number of alkyl carbamates (subject to hydrolysis) is 1. The normalized spacial score (nSPS) is 21.8. The summed E-state index contributed by atoms with van der Waals surface area (Å²) >= 11 is 0. The molecule has 55 heavy (non-hydrogen) atoms. The molecule has 0 aromatic heterocycles. The minimum Gasteiger partial charge on any atom is -0.490 e. The van der Waals surface area contributed by atoms with E-state index >= 15 is 0 Å². The Kier molecular flexibility index (Phi) is 10.9. The van der Waals surface area contributed by atoms with Gasteiger partial charge in [0.05, 0.1) is 16.4 Å². The van der Waals surface area contributed by atoms with Crippen LogP contribution < -0.4 is 10.1 Å². The summed E-state index contributed by atoms with van der Waals surface area (Å²) in [5, 5.41) is 4.47. The number of hydrogen-bond acceptors (Lipinski definition) is 7. The number of rotatable bonds is 9. The molecule has 3 aromatic carbocycles. The van der Waals surface area contributed by atoms with Gasteiger partial charge in [0.25, 0.3) is 0 Å². The van der Waals surface area contributed by atoms with Crippen molar-refractivity contribution in [2.24, 2.45) is 0 Å². The summed E-state index contributed by atoms with van der Waals surface area (Å²) in [4.78, 5) is 30.5. The Bertz CT molecular complexity index is 1980. The third kappa shape index (κ3) is 8.76. The van der Waals surface area contributed by atoms with Gasteiger partial charge in [-0.25, -0.2) is 13.2 Å². The number of carbonyl (C=O) groups excluding carboxylic acids is 2. The number of hydrogen-bond donors (Lipinski definition) is 1. The highest BCUT2D eigenvalue weighted by molar-refractivity contribution is 7.89. The molecule has 0 unspecified atom stereocenters. The number of halogens is 3. The number of sulfonamides is 1. The Labute approximate surface area is 321 Å². The summed E-state index contributed by atoms with van der Waals surface area (Å²) in [6.07, 6.45) is 0.853. The zero-order chi connectivity index (χ0) is 39.2. The lowest BCUT2D eigenvalue weighted by molar-refractivity contribution is -0.160. The smallest absolute Gasteiger partial charge is 0.407 e. The van der Waals surface area contributed by atoms with Crippen LogP contribution in [0.4, 0.5) is 18.0 Å². The van der Waals surface area contributed by atoms with Crippen molar-refractivity contribution in [3.05, 3.63) is 71.8 Å². The van der Waals surface area contributed by atoms with Gasteiger partial charge in [0, 0.05) is 45.3 Å². The van der Waals surface area contributed by atoms with Gasteiger partial charge in [0.15, 0.2) is 0 Å². The SMILES string of the molecule is CC(C)(C)OC(=O)NC1CCN(C(=O)[C@H]2CN(Cc3ccc(C4(C(F)(F)F)CC4)cc3)CCN2S(=O)(=O)c2ccc3cc(OC4CCCC4)ccc3c2)CC1. The molecule has 14 heteroatoms. The van der Waals surface area contributed by atoms with Crippen LogP contribution in [0.2, 0.25) is 0 Å². The largest absolute Gasteiger partial charge is 0.490 e. The van der Waals surface area contributed by atoms with E-state index in [1.165, 1.54) is 16.4 Å². The van der Waals surface area contributed by atoms with Crippen LogP contribution in [0.1, 0.15) is 83.3 Å². The van der Waals surface area contributed by atoms with E-state index in [0.717, 1.165) is 47.8 Å².